The maximum atomic E-state index is 11.9. The van der Waals surface area contributed by atoms with Crippen molar-refractivity contribution < 1.29 is 0 Å². The predicted molar refractivity (Wildman–Crippen MR) is 90.7 cm³/mol. The highest BCUT2D eigenvalue weighted by atomic mass is 16.1. The largest absolute Gasteiger partial charge is 0.327 e. The Bertz CT molecular complexity index is 419. The zero-order valence-corrected chi connectivity index (χ0v) is 14.3. The Kier molecular flexibility index (Phi) is 9.20. The molecule has 21 heavy (non-hydrogen) atoms. The van der Waals surface area contributed by atoms with Gasteiger partial charge < -0.3 is 4.57 Å². The van der Waals surface area contributed by atoms with Crippen LogP contribution in [-0.4, -0.2) is 9.13 Å². The van der Waals surface area contributed by atoms with Crippen molar-refractivity contribution in [2.24, 2.45) is 13.0 Å². The third-order valence-electron chi connectivity index (χ3n) is 4.39. The second kappa shape index (κ2) is 10.7. The summed E-state index contributed by atoms with van der Waals surface area (Å²) in [6.45, 7) is 5.40. The molecule has 0 amide bonds. The van der Waals surface area contributed by atoms with E-state index in [0.717, 1.165) is 6.54 Å². The lowest BCUT2D eigenvalue weighted by atomic mass is 9.95. The Labute approximate surface area is 130 Å². The van der Waals surface area contributed by atoms with Gasteiger partial charge in [0, 0.05) is 26.0 Å². The second-order valence-corrected chi connectivity index (χ2v) is 6.41. The summed E-state index contributed by atoms with van der Waals surface area (Å²) in [5, 5.41) is 0. The Morgan fingerprint density at radius 2 is 1.57 bits per heavy atom. The number of aromatic nitrogens is 2. The molecule has 122 valence electrons. The first-order valence-electron chi connectivity index (χ1n) is 8.90. The third-order valence-corrected chi connectivity index (χ3v) is 4.39. The maximum absolute atomic E-state index is 11.9. The van der Waals surface area contributed by atoms with Crippen LogP contribution in [0.3, 0.4) is 0 Å². The Morgan fingerprint density at radius 3 is 2.14 bits per heavy atom. The molecular formula is C18H34N2O. The molecule has 0 aliphatic carbocycles. The number of hydrogen-bond acceptors (Lipinski definition) is 1. The van der Waals surface area contributed by atoms with Crippen LogP contribution in [0.5, 0.6) is 0 Å². The standard InChI is InChI=1S/C18H34N2O/c1-4-6-7-8-9-10-11-13-17(12-5-2)16-20-15-14-19(3)18(20)21/h14-15,17H,4-13,16H2,1-3H3. The monoisotopic (exact) mass is 294 g/mol. The summed E-state index contributed by atoms with van der Waals surface area (Å²) in [6, 6.07) is 0. The fraction of sp³-hybridized carbons (Fsp3) is 0.833. The minimum Gasteiger partial charge on any atom is -0.302 e. The van der Waals surface area contributed by atoms with Gasteiger partial charge in [0.1, 0.15) is 0 Å². The number of imidazole rings is 1. The lowest BCUT2D eigenvalue weighted by molar-refractivity contribution is 0.363. The van der Waals surface area contributed by atoms with Gasteiger partial charge in [-0.15, -0.1) is 0 Å². The van der Waals surface area contributed by atoms with Crippen molar-refractivity contribution in [3.63, 3.8) is 0 Å². The quantitative estimate of drug-likeness (QED) is 0.511. The SMILES string of the molecule is CCCCCCCCCC(CCC)Cn1ccn(C)c1=O. The highest BCUT2D eigenvalue weighted by Crippen LogP contribution is 2.18. The molecule has 0 fully saturated rings. The molecule has 3 heteroatoms. The summed E-state index contributed by atoms with van der Waals surface area (Å²) in [6.07, 6.45) is 17.0. The van der Waals surface area contributed by atoms with Crippen LogP contribution in [0.1, 0.15) is 78.1 Å². The number of hydrogen-bond donors (Lipinski definition) is 0. The van der Waals surface area contributed by atoms with Crippen LogP contribution in [0.15, 0.2) is 17.2 Å². The zero-order chi connectivity index (χ0) is 15.5. The van der Waals surface area contributed by atoms with E-state index in [9.17, 15) is 4.79 Å². The van der Waals surface area contributed by atoms with Crippen LogP contribution in [0, 0.1) is 5.92 Å². The van der Waals surface area contributed by atoms with Crippen LogP contribution in [0.2, 0.25) is 0 Å². The van der Waals surface area contributed by atoms with Crippen molar-refractivity contribution in [2.45, 2.75) is 84.6 Å². The average Bonchev–Trinajstić information content (AvgIpc) is 2.78. The molecule has 1 aromatic heterocycles. The van der Waals surface area contributed by atoms with E-state index in [1.54, 1.807) is 4.57 Å². The smallest absolute Gasteiger partial charge is 0.302 e. The minimum atomic E-state index is 0.121. The fourth-order valence-corrected chi connectivity index (χ4v) is 3.05. The lowest BCUT2D eigenvalue weighted by Crippen LogP contribution is -2.25. The van der Waals surface area contributed by atoms with E-state index in [2.05, 4.69) is 13.8 Å². The molecule has 1 heterocycles. The first-order chi connectivity index (χ1) is 10.2. The molecule has 0 aliphatic heterocycles. The third kappa shape index (κ3) is 7.01. The van der Waals surface area contributed by atoms with Crippen LogP contribution in [0.25, 0.3) is 0 Å². The summed E-state index contributed by atoms with van der Waals surface area (Å²) in [7, 11) is 1.82. The van der Waals surface area contributed by atoms with Crippen molar-refractivity contribution in [3.05, 3.63) is 22.9 Å². The Balaban J connectivity index is 2.27. The van der Waals surface area contributed by atoms with E-state index in [1.807, 2.05) is 24.0 Å². The first-order valence-corrected chi connectivity index (χ1v) is 8.90. The van der Waals surface area contributed by atoms with E-state index in [4.69, 9.17) is 0 Å². The summed E-state index contributed by atoms with van der Waals surface area (Å²) >= 11 is 0. The molecule has 1 rings (SSSR count). The molecule has 0 N–H and O–H groups in total. The van der Waals surface area contributed by atoms with Crippen LogP contribution >= 0.6 is 0 Å². The van der Waals surface area contributed by atoms with Crippen LogP contribution in [-0.2, 0) is 13.6 Å². The van der Waals surface area contributed by atoms with Gasteiger partial charge in [-0.3, -0.25) is 4.57 Å². The van der Waals surface area contributed by atoms with E-state index in [1.165, 1.54) is 64.2 Å². The Morgan fingerprint density at radius 1 is 0.905 bits per heavy atom. The Hall–Kier alpha value is -0.990. The minimum absolute atomic E-state index is 0.121. The molecule has 0 bridgehead atoms. The topological polar surface area (TPSA) is 26.9 Å². The summed E-state index contributed by atoms with van der Waals surface area (Å²) in [5.74, 6) is 0.658. The molecule has 0 saturated carbocycles. The molecular weight excluding hydrogens is 260 g/mol. The number of rotatable bonds is 12. The van der Waals surface area contributed by atoms with Gasteiger partial charge in [0.15, 0.2) is 0 Å². The highest BCUT2D eigenvalue weighted by molar-refractivity contribution is 4.80. The van der Waals surface area contributed by atoms with Crippen molar-refractivity contribution in [1.82, 2.24) is 9.13 Å². The molecule has 0 radical (unpaired) electrons. The summed E-state index contributed by atoms with van der Waals surface area (Å²) in [5.41, 5.74) is 0.121. The average molecular weight is 294 g/mol. The molecule has 0 spiro atoms. The van der Waals surface area contributed by atoms with Gasteiger partial charge >= 0.3 is 5.69 Å². The van der Waals surface area contributed by atoms with Crippen LogP contribution in [0.4, 0.5) is 0 Å². The van der Waals surface area contributed by atoms with Gasteiger partial charge in [-0.25, -0.2) is 4.79 Å². The van der Waals surface area contributed by atoms with E-state index >= 15 is 0 Å². The normalized spacial score (nSPS) is 12.7. The number of aryl methyl sites for hydroxylation is 1. The van der Waals surface area contributed by atoms with Crippen molar-refractivity contribution in [1.29, 1.82) is 0 Å². The van der Waals surface area contributed by atoms with Gasteiger partial charge in [-0.1, -0.05) is 65.2 Å². The van der Waals surface area contributed by atoms with Crippen molar-refractivity contribution in [3.8, 4) is 0 Å². The van der Waals surface area contributed by atoms with E-state index < -0.39 is 0 Å². The van der Waals surface area contributed by atoms with Gasteiger partial charge in [0.25, 0.3) is 0 Å². The van der Waals surface area contributed by atoms with Gasteiger partial charge in [-0.2, -0.15) is 0 Å². The zero-order valence-electron chi connectivity index (χ0n) is 14.3. The van der Waals surface area contributed by atoms with E-state index in [0.29, 0.717) is 5.92 Å². The molecule has 1 unspecified atom stereocenters. The predicted octanol–water partition coefficient (Wildman–Crippen LogP) is 4.74. The highest BCUT2D eigenvalue weighted by Gasteiger charge is 2.10. The molecule has 1 aromatic rings. The molecule has 0 saturated heterocycles. The fourth-order valence-electron chi connectivity index (χ4n) is 3.05. The maximum Gasteiger partial charge on any atom is 0.327 e. The molecule has 0 aliphatic rings. The molecule has 3 nitrogen and oxygen atoms in total. The van der Waals surface area contributed by atoms with Gasteiger partial charge in [0.05, 0.1) is 0 Å². The molecule has 1 atom stereocenters. The number of unbranched alkanes of at least 4 members (excludes halogenated alkanes) is 6. The summed E-state index contributed by atoms with van der Waals surface area (Å²) in [4.78, 5) is 11.9. The van der Waals surface area contributed by atoms with E-state index in [-0.39, 0.29) is 5.69 Å². The first kappa shape index (κ1) is 18.1. The van der Waals surface area contributed by atoms with Gasteiger partial charge in [0.2, 0.25) is 0 Å². The summed E-state index contributed by atoms with van der Waals surface area (Å²) < 4.78 is 3.54. The van der Waals surface area contributed by atoms with Crippen molar-refractivity contribution in [2.75, 3.05) is 0 Å². The molecule has 0 aromatic carbocycles. The van der Waals surface area contributed by atoms with Crippen LogP contribution < -0.4 is 5.69 Å². The number of nitrogens with zero attached hydrogens (tertiary/aromatic N) is 2. The second-order valence-electron chi connectivity index (χ2n) is 6.41. The van der Waals surface area contributed by atoms with Crippen molar-refractivity contribution >= 4 is 0 Å². The van der Waals surface area contributed by atoms with Gasteiger partial charge in [-0.05, 0) is 18.8 Å². The lowest BCUT2D eigenvalue weighted by Gasteiger charge is -2.16.